The second-order valence-electron chi connectivity index (χ2n) is 3.59. The monoisotopic (exact) mass is 158 g/mol. The van der Waals surface area contributed by atoms with Crippen molar-refractivity contribution in [3.05, 3.63) is 0 Å². The van der Waals surface area contributed by atoms with Crippen LogP contribution in [0.2, 0.25) is 0 Å². The minimum absolute atomic E-state index is 0.614. The van der Waals surface area contributed by atoms with Gasteiger partial charge in [0, 0.05) is 6.04 Å². The van der Waals surface area contributed by atoms with Crippen molar-refractivity contribution in [2.45, 2.75) is 39.7 Å². The molecule has 0 spiro atoms. The van der Waals surface area contributed by atoms with Crippen molar-refractivity contribution in [3.8, 4) is 0 Å². The van der Waals surface area contributed by atoms with E-state index in [4.69, 9.17) is 5.73 Å². The molecule has 0 bridgehead atoms. The van der Waals surface area contributed by atoms with Gasteiger partial charge in [-0.1, -0.05) is 20.8 Å². The molecule has 0 rings (SSSR count). The summed E-state index contributed by atoms with van der Waals surface area (Å²) >= 11 is 0. The molecule has 2 nitrogen and oxygen atoms in total. The van der Waals surface area contributed by atoms with E-state index in [0.717, 1.165) is 13.1 Å². The fourth-order valence-electron chi connectivity index (χ4n) is 0.959. The summed E-state index contributed by atoms with van der Waals surface area (Å²) in [4.78, 5) is 0. The first kappa shape index (κ1) is 10.9. The van der Waals surface area contributed by atoms with E-state index in [0.29, 0.717) is 12.0 Å². The van der Waals surface area contributed by atoms with Crippen LogP contribution < -0.4 is 11.1 Å². The molecule has 3 N–H and O–H groups in total. The lowest BCUT2D eigenvalue weighted by molar-refractivity contribution is 0.484. The normalized spacial score (nSPS) is 13.9. The molecular formula is C9H22N2. The molecule has 0 saturated carbocycles. The Morgan fingerprint density at radius 1 is 1.27 bits per heavy atom. The first-order valence-electron chi connectivity index (χ1n) is 4.60. The summed E-state index contributed by atoms with van der Waals surface area (Å²) in [5, 5.41) is 3.38. The summed E-state index contributed by atoms with van der Waals surface area (Å²) in [7, 11) is 0. The standard InChI is InChI=1S/C9H22N2/c1-8(2)11-6-4-5-9(3)7-10/h8-9,11H,4-7,10H2,1-3H3. The maximum atomic E-state index is 5.49. The first-order chi connectivity index (χ1) is 5.16. The summed E-state index contributed by atoms with van der Waals surface area (Å²) in [5.74, 6) is 0.684. The largest absolute Gasteiger partial charge is 0.330 e. The van der Waals surface area contributed by atoms with E-state index >= 15 is 0 Å². The van der Waals surface area contributed by atoms with Gasteiger partial charge in [0.15, 0.2) is 0 Å². The van der Waals surface area contributed by atoms with Crippen LogP contribution in [0, 0.1) is 5.92 Å². The van der Waals surface area contributed by atoms with Gasteiger partial charge in [-0.3, -0.25) is 0 Å². The minimum atomic E-state index is 0.614. The lowest BCUT2D eigenvalue weighted by atomic mass is 10.1. The van der Waals surface area contributed by atoms with Crippen LogP contribution in [0.3, 0.4) is 0 Å². The van der Waals surface area contributed by atoms with Gasteiger partial charge < -0.3 is 11.1 Å². The zero-order chi connectivity index (χ0) is 8.69. The van der Waals surface area contributed by atoms with Gasteiger partial charge in [0.25, 0.3) is 0 Å². The summed E-state index contributed by atoms with van der Waals surface area (Å²) in [5.41, 5.74) is 5.49. The van der Waals surface area contributed by atoms with Crippen molar-refractivity contribution in [1.82, 2.24) is 5.32 Å². The Bertz CT molecular complexity index is 81.6. The molecule has 0 aliphatic heterocycles. The van der Waals surface area contributed by atoms with Gasteiger partial charge in [-0.25, -0.2) is 0 Å². The highest BCUT2D eigenvalue weighted by Gasteiger charge is 1.98. The number of hydrogen-bond donors (Lipinski definition) is 2. The molecule has 1 unspecified atom stereocenters. The topological polar surface area (TPSA) is 38.0 Å². The van der Waals surface area contributed by atoms with Gasteiger partial charge in [0.2, 0.25) is 0 Å². The van der Waals surface area contributed by atoms with E-state index < -0.39 is 0 Å². The average molecular weight is 158 g/mol. The van der Waals surface area contributed by atoms with E-state index in [1.54, 1.807) is 0 Å². The highest BCUT2D eigenvalue weighted by Crippen LogP contribution is 2.01. The molecule has 2 heteroatoms. The Labute approximate surface area is 70.5 Å². The third kappa shape index (κ3) is 7.82. The fourth-order valence-corrected chi connectivity index (χ4v) is 0.959. The molecule has 0 aromatic rings. The SMILES string of the molecule is CC(CN)CCCNC(C)C. The molecule has 0 aromatic heterocycles. The zero-order valence-electron chi connectivity index (χ0n) is 8.06. The van der Waals surface area contributed by atoms with Crippen molar-refractivity contribution >= 4 is 0 Å². The van der Waals surface area contributed by atoms with Crippen LogP contribution in [0.15, 0.2) is 0 Å². The van der Waals surface area contributed by atoms with Crippen molar-refractivity contribution in [3.63, 3.8) is 0 Å². The van der Waals surface area contributed by atoms with Crippen LogP contribution in [-0.2, 0) is 0 Å². The Morgan fingerprint density at radius 3 is 2.36 bits per heavy atom. The van der Waals surface area contributed by atoms with Crippen LogP contribution in [0.25, 0.3) is 0 Å². The molecule has 0 fully saturated rings. The lowest BCUT2D eigenvalue weighted by Gasteiger charge is -2.10. The van der Waals surface area contributed by atoms with Crippen molar-refractivity contribution in [2.75, 3.05) is 13.1 Å². The first-order valence-corrected chi connectivity index (χ1v) is 4.60. The Balaban J connectivity index is 3.01. The summed E-state index contributed by atoms with van der Waals surface area (Å²) in [6, 6.07) is 0.614. The highest BCUT2D eigenvalue weighted by molar-refractivity contribution is 4.57. The maximum Gasteiger partial charge on any atom is 0.00103 e. The lowest BCUT2D eigenvalue weighted by Crippen LogP contribution is -2.24. The second-order valence-corrected chi connectivity index (χ2v) is 3.59. The van der Waals surface area contributed by atoms with Gasteiger partial charge in [0.05, 0.1) is 0 Å². The molecule has 0 amide bonds. The van der Waals surface area contributed by atoms with Gasteiger partial charge in [-0.2, -0.15) is 0 Å². The number of hydrogen-bond acceptors (Lipinski definition) is 2. The molecular weight excluding hydrogens is 136 g/mol. The molecule has 0 heterocycles. The van der Waals surface area contributed by atoms with Crippen molar-refractivity contribution < 1.29 is 0 Å². The number of rotatable bonds is 6. The van der Waals surface area contributed by atoms with Gasteiger partial charge in [-0.05, 0) is 31.8 Å². The molecule has 11 heavy (non-hydrogen) atoms. The predicted octanol–water partition coefficient (Wildman–Crippen LogP) is 1.36. The smallest absolute Gasteiger partial charge is 0.00103 e. The van der Waals surface area contributed by atoms with Crippen molar-refractivity contribution in [1.29, 1.82) is 0 Å². The quantitative estimate of drug-likeness (QED) is 0.573. The minimum Gasteiger partial charge on any atom is -0.330 e. The van der Waals surface area contributed by atoms with E-state index in [1.165, 1.54) is 12.8 Å². The molecule has 0 aromatic carbocycles. The van der Waals surface area contributed by atoms with Crippen LogP contribution in [-0.4, -0.2) is 19.1 Å². The number of nitrogens with two attached hydrogens (primary N) is 1. The maximum absolute atomic E-state index is 5.49. The summed E-state index contributed by atoms with van der Waals surface area (Å²) < 4.78 is 0. The molecule has 0 aliphatic rings. The highest BCUT2D eigenvalue weighted by atomic mass is 14.9. The van der Waals surface area contributed by atoms with Crippen LogP contribution in [0.1, 0.15) is 33.6 Å². The van der Waals surface area contributed by atoms with E-state index in [-0.39, 0.29) is 0 Å². The Hall–Kier alpha value is -0.0800. The predicted molar refractivity (Wildman–Crippen MR) is 50.6 cm³/mol. The second kappa shape index (κ2) is 6.62. The van der Waals surface area contributed by atoms with Gasteiger partial charge in [-0.15, -0.1) is 0 Å². The summed E-state index contributed by atoms with van der Waals surface area (Å²) in [6.07, 6.45) is 2.49. The molecule has 1 atom stereocenters. The van der Waals surface area contributed by atoms with E-state index in [9.17, 15) is 0 Å². The zero-order valence-corrected chi connectivity index (χ0v) is 8.06. The Morgan fingerprint density at radius 2 is 1.91 bits per heavy atom. The van der Waals surface area contributed by atoms with Crippen molar-refractivity contribution in [2.24, 2.45) is 11.7 Å². The van der Waals surface area contributed by atoms with E-state index in [1.807, 2.05) is 0 Å². The summed E-state index contributed by atoms with van der Waals surface area (Å²) in [6.45, 7) is 8.50. The fraction of sp³-hybridized carbons (Fsp3) is 1.00. The number of nitrogens with one attached hydrogen (secondary N) is 1. The molecule has 0 radical (unpaired) electrons. The van der Waals surface area contributed by atoms with Crippen LogP contribution in [0.4, 0.5) is 0 Å². The van der Waals surface area contributed by atoms with Crippen LogP contribution in [0.5, 0.6) is 0 Å². The van der Waals surface area contributed by atoms with Crippen LogP contribution >= 0.6 is 0 Å². The average Bonchev–Trinajstić information content (AvgIpc) is 1.97. The molecule has 68 valence electrons. The van der Waals surface area contributed by atoms with Gasteiger partial charge >= 0.3 is 0 Å². The molecule has 0 saturated heterocycles. The Kier molecular flexibility index (Phi) is 6.57. The molecule has 0 aliphatic carbocycles. The third-order valence-corrected chi connectivity index (χ3v) is 1.83. The van der Waals surface area contributed by atoms with E-state index in [2.05, 4.69) is 26.1 Å². The third-order valence-electron chi connectivity index (χ3n) is 1.83. The van der Waals surface area contributed by atoms with Gasteiger partial charge in [0.1, 0.15) is 0 Å².